The largest absolute Gasteiger partial charge is 0.316 e. The van der Waals surface area contributed by atoms with Gasteiger partial charge in [0.05, 0.1) is 32.5 Å². The first-order chi connectivity index (χ1) is 18.5. The third kappa shape index (κ3) is 5.99. The van der Waals surface area contributed by atoms with Gasteiger partial charge in [-0.15, -0.1) is 0 Å². The van der Waals surface area contributed by atoms with Crippen molar-refractivity contribution in [1.29, 1.82) is 0 Å². The molecule has 1 N–H and O–H groups in total. The molecule has 0 radical (unpaired) electrons. The van der Waals surface area contributed by atoms with Crippen molar-refractivity contribution in [3.05, 3.63) is 110 Å². The summed E-state index contributed by atoms with van der Waals surface area (Å²) in [6, 6.07) is 20.1. The van der Waals surface area contributed by atoms with Gasteiger partial charge in [0.1, 0.15) is 6.54 Å². The molecular formula is C28H25Cl3N4O3S. The molecule has 202 valence electrons. The predicted octanol–water partition coefficient (Wildman–Crippen LogP) is 6.71. The Hall–Kier alpha value is -3.30. The van der Waals surface area contributed by atoms with Crippen LogP contribution in [0.15, 0.2) is 82.8 Å². The molecule has 0 atom stereocenters. The first-order valence-electron chi connectivity index (χ1n) is 11.8. The average molecular weight is 604 g/mol. The van der Waals surface area contributed by atoms with Crippen LogP contribution in [0.4, 0.5) is 5.69 Å². The van der Waals surface area contributed by atoms with E-state index >= 15 is 0 Å². The van der Waals surface area contributed by atoms with E-state index < -0.39 is 22.5 Å². The molecule has 4 aromatic rings. The van der Waals surface area contributed by atoms with E-state index in [2.05, 4.69) is 10.5 Å². The highest BCUT2D eigenvalue weighted by molar-refractivity contribution is 7.92. The van der Waals surface area contributed by atoms with Gasteiger partial charge in [-0.2, -0.15) is 5.10 Å². The van der Waals surface area contributed by atoms with Crippen molar-refractivity contribution in [2.75, 3.05) is 10.8 Å². The summed E-state index contributed by atoms with van der Waals surface area (Å²) in [5.41, 5.74) is 6.45. The average Bonchev–Trinajstić information content (AvgIpc) is 3.19. The number of carbonyl (C=O) groups excluding carboxylic acids is 1. The SMILES string of the molecule is Cc1c(Cl)cccc1N(CC(=O)N/N=C/c1cc(C)n(-c2cccc(Cl)c2Cl)c1C)S(=O)(=O)c1ccccc1. The van der Waals surface area contributed by atoms with E-state index in [0.717, 1.165) is 26.9 Å². The fourth-order valence-electron chi connectivity index (χ4n) is 4.18. The van der Waals surface area contributed by atoms with Crippen LogP contribution in [0.3, 0.4) is 0 Å². The number of nitrogens with zero attached hydrogens (tertiary/aromatic N) is 3. The fourth-order valence-corrected chi connectivity index (χ4v) is 6.23. The predicted molar refractivity (Wildman–Crippen MR) is 158 cm³/mol. The number of benzene rings is 3. The fraction of sp³-hybridized carbons (Fsp3) is 0.143. The summed E-state index contributed by atoms with van der Waals surface area (Å²) in [5.74, 6) is -0.628. The summed E-state index contributed by atoms with van der Waals surface area (Å²) in [5, 5.41) is 5.33. The summed E-state index contributed by atoms with van der Waals surface area (Å²) >= 11 is 18.9. The van der Waals surface area contributed by atoms with Crippen LogP contribution in [0.5, 0.6) is 0 Å². The van der Waals surface area contributed by atoms with Crippen molar-refractivity contribution in [2.24, 2.45) is 5.10 Å². The summed E-state index contributed by atoms with van der Waals surface area (Å²) in [4.78, 5) is 13.0. The Balaban J connectivity index is 1.59. The molecule has 11 heteroatoms. The number of aryl methyl sites for hydroxylation is 1. The Bertz CT molecular complexity index is 1670. The van der Waals surface area contributed by atoms with E-state index in [0.29, 0.717) is 26.3 Å². The molecule has 1 amide bonds. The van der Waals surface area contributed by atoms with Crippen LogP contribution in [-0.2, 0) is 14.8 Å². The highest BCUT2D eigenvalue weighted by atomic mass is 35.5. The van der Waals surface area contributed by atoms with Crippen molar-refractivity contribution >= 4 is 62.6 Å². The van der Waals surface area contributed by atoms with Gasteiger partial charge in [0.25, 0.3) is 15.9 Å². The van der Waals surface area contributed by atoms with Gasteiger partial charge < -0.3 is 4.57 Å². The zero-order valence-electron chi connectivity index (χ0n) is 21.3. The Morgan fingerprint density at radius 3 is 2.33 bits per heavy atom. The van der Waals surface area contributed by atoms with Gasteiger partial charge in [-0.3, -0.25) is 9.10 Å². The number of halogens is 3. The molecule has 0 spiro atoms. The number of amides is 1. The Kier molecular flexibility index (Phi) is 8.71. The van der Waals surface area contributed by atoms with Gasteiger partial charge in [-0.05, 0) is 68.8 Å². The van der Waals surface area contributed by atoms with Crippen molar-refractivity contribution in [2.45, 2.75) is 25.7 Å². The molecule has 7 nitrogen and oxygen atoms in total. The molecule has 1 aromatic heterocycles. The second kappa shape index (κ2) is 11.8. The number of anilines is 1. The first-order valence-corrected chi connectivity index (χ1v) is 14.4. The minimum Gasteiger partial charge on any atom is -0.316 e. The number of hydrogen-bond acceptors (Lipinski definition) is 4. The van der Waals surface area contributed by atoms with E-state index in [4.69, 9.17) is 34.8 Å². The maximum Gasteiger partial charge on any atom is 0.264 e. The molecule has 0 saturated carbocycles. The Labute approximate surface area is 242 Å². The van der Waals surface area contributed by atoms with Crippen molar-refractivity contribution in [1.82, 2.24) is 9.99 Å². The van der Waals surface area contributed by atoms with Gasteiger partial charge in [0.2, 0.25) is 0 Å². The first kappa shape index (κ1) is 28.7. The van der Waals surface area contributed by atoms with Crippen molar-refractivity contribution < 1.29 is 13.2 Å². The van der Waals surface area contributed by atoms with Crippen LogP contribution in [0.25, 0.3) is 5.69 Å². The quantitative estimate of drug-likeness (QED) is 0.180. The lowest BCUT2D eigenvalue weighted by molar-refractivity contribution is -0.119. The number of nitrogens with one attached hydrogen (secondary N) is 1. The molecular weight excluding hydrogens is 579 g/mol. The van der Waals surface area contributed by atoms with E-state index in [-0.39, 0.29) is 4.90 Å². The van der Waals surface area contributed by atoms with E-state index in [1.807, 2.05) is 36.6 Å². The zero-order chi connectivity index (χ0) is 28.3. The number of carbonyl (C=O) groups is 1. The summed E-state index contributed by atoms with van der Waals surface area (Å²) in [7, 11) is -4.08. The van der Waals surface area contributed by atoms with E-state index in [1.165, 1.54) is 18.3 Å². The van der Waals surface area contributed by atoms with Crippen LogP contribution in [0.2, 0.25) is 15.1 Å². The lowest BCUT2D eigenvalue weighted by Crippen LogP contribution is -2.40. The smallest absolute Gasteiger partial charge is 0.264 e. The van der Waals surface area contributed by atoms with Gasteiger partial charge in [-0.1, -0.05) is 65.1 Å². The second-order valence-electron chi connectivity index (χ2n) is 8.74. The highest BCUT2D eigenvalue weighted by Crippen LogP contribution is 2.32. The molecule has 3 aromatic carbocycles. The highest BCUT2D eigenvalue weighted by Gasteiger charge is 2.28. The van der Waals surface area contributed by atoms with Gasteiger partial charge in [0.15, 0.2) is 0 Å². The lowest BCUT2D eigenvalue weighted by Gasteiger charge is -2.25. The van der Waals surface area contributed by atoms with E-state index in [9.17, 15) is 13.2 Å². The molecule has 0 aliphatic carbocycles. The molecule has 0 bridgehead atoms. The third-order valence-corrected chi connectivity index (χ3v) is 9.15. The number of sulfonamides is 1. The molecule has 1 heterocycles. The minimum atomic E-state index is -4.08. The van der Waals surface area contributed by atoms with Crippen LogP contribution >= 0.6 is 34.8 Å². The standard InChI is InChI=1S/C28H25Cl3N4O3S/c1-18-15-21(20(3)35(18)26-14-8-12-24(30)28(26)31)16-32-33-27(36)17-34(25-13-7-11-23(29)19(25)2)39(37,38)22-9-5-4-6-10-22/h4-16H,17H2,1-3H3,(H,33,36)/b32-16+. The summed E-state index contributed by atoms with van der Waals surface area (Å²) in [6.07, 6.45) is 1.50. The Morgan fingerprint density at radius 2 is 1.62 bits per heavy atom. The Morgan fingerprint density at radius 1 is 0.949 bits per heavy atom. The van der Waals surface area contributed by atoms with Crippen molar-refractivity contribution in [3.63, 3.8) is 0 Å². The second-order valence-corrected chi connectivity index (χ2v) is 11.8. The van der Waals surface area contributed by atoms with Crippen LogP contribution < -0.4 is 9.73 Å². The molecule has 0 saturated heterocycles. The number of hydrazone groups is 1. The lowest BCUT2D eigenvalue weighted by atomic mass is 10.2. The molecule has 4 rings (SSSR count). The number of rotatable bonds is 8. The van der Waals surface area contributed by atoms with Gasteiger partial charge >= 0.3 is 0 Å². The minimum absolute atomic E-state index is 0.0489. The van der Waals surface area contributed by atoms with Crippen LogP contribution in [0, 0.1) is 20.8 Å². The van der Waals surface area contributed by atoms with Crippen molar-refractivity contribution in [3.8, 4) is 5.69 Å². The normalized spacial score (nSPS) is 11.6. The maximum atomic E-state index is 13.5. The van der Waals surface area contributed by atoms with Crippen LogP contribution in [0.1, 0.15) is 22.5 Å². The van der Waals surface area contributed by atoms with Gasteiger partial charge in [0, 0.05) is 22.0 Å². The topological polar surface area (TPSA) is 83.8 Å². The summed E-state index contributed by atoms with van der Waals surface area (Å²) < 4.78 is 30.0. The maximum absolute atomic E-state index is 13.5. The van der Waals surface area contributed by atoms with E-state index in [1.54, 1.807) is 49.4 Å². The number of aromatic nitrogens is 1. The van der Waals surface area contributed by atoms with Gasteiger partial charge in [-0.25, -0.2) is 13.8 Å². The van der Waals surface area contributed by atoms with Crippen LogP contribution in [-0.4, -0.2) is 31.7 Å². The number of hydrogen-bond donors (Lipinski definition) is 1. The third-order valence-electron chi connectivity index (χ3n) is 6.16. The summed E-state index contributed by atoms with van der Waals surface area (Å²) in [6.45, 7) is 5.00. The molecule has 0 aliphatic heterocycles. The molecule has 0 aliphatic rings. The molecule has 39 heavy (non-hydrogen) atoms. The molecule has 0 fully saturated rings. The monoisotopic (exact) mass is 602 g/mol. The molecule has 0 unspecified atom stereocenters. The zero-order valence-corrected chi connectivity index (χ0v) is 24.4.